The Morgan fingerprint density at radius 3 is 2.94 bits per heavy atom. The summed E-state index contributed by atoms with van der Waals surface area (Å²) in [5.41, 5.74) is 2.63. The molecule has 2 nitrogen and oxygen atoms in total. The number of benzene rings is 1. The summed E-state index contributed by atoms with van der Waals surface area (Å²) in [6.45, 7) is 3.13. The molecule has 88 valence electrons. The fraction of sp³-hybridized carbons (Fsp3) is 0.357. The fourth-order valence-electron chi connectivity index (χ4n) is 2.26. The van der Waals surface area contributed by atoms with Gasteiger partial charge in [-0.3, -0.25) is 0 Å². The molecule has 1 aromatic heterocycles. The van der Waals surface area contributed by atoms with Gasteiger partial charge < -0.3 is 5.32 Å². The number of hydrogen-bond donors (Lipinski definition) is 1. The number of aromatic nitrogens is 1. The second-order valence-corrected chi connectivity index (χ2v) is 5.69. The zero-order valence-corrected chi connectivity index (χ0v) is 10.8. The molecule has 0 aliphatic heterocycles. The van der Waals surface area contributed by atoms with Gasteiger partial charge in [0.1, 0.15) is 0 Å². The molecule has 1 aromatic carbocycles. The summed E-state index contributed by atoms with van der Waals surface area (Å²) >= 11 is 1.82. The van der Waals surface area contributed by atoms with Gasteiger partial charge in [0.25, 0.3) is 0 Å². The molecular formula is C14H16N2S. The van der Waals surface area contributed by atoms with Crippen LogP contribution in [0.2, 0.25) is 0 Å². The van der Waals surface area contributed by atoms with Crippen LogP contribution in [0.5, 0.6) is 0 Å². The summed E-state index contributed by atoms with van der Waals surface area (Å²) in [5.74, 6) is 0.647. The highest BCUT2D eigenvalue weighted by Gasteiger charge is 2.23. The Hall–Kier alpha value is -1.35. The van der Waals surface area contributed by atoms with Crippen LogP contribution in [0.4, 0.5) is 5.13 Å². The van der Waals surface area contributed by atoms with Crippen molar-refractivity contribution in [3.8, 4) is 0 Å². The van der Waals surface area contributed by atoms with Gasteiger partial charge in [0.2, 0.25) is 0 Å². The molecule has 0 amide bonds. The predicted octanol–water partition coefficient (Wildman–Crippen LogP) is 3.80. The largest absolute Gasteiger partial charge is 0.357 e. The van der Waals surface area contributed by atoms with E-state index in [-0.39, 0.29) is 0 Å². The fourth-order valence-corrected chi connectivity index (χ4v) is 3.35. The SMILES string of the molecule is CC1CCc2sc(NCc3ccccc3)nc21. The third kappa shape index (κ3) is 2.20. The maximum atomic E-state index is 4.69. The lowest BCUT2D eigenvalue weighted by Crippen LogP contribution is -1.99. The molecule has 3 heteroatoms. The van der Waals surface area contributed by atoms with Crippen LogP contribution in [-0.4, -0.2) is 4.98 Å². The molecule has 3 rings (SSSR count). The minimum absolute atomic E-state index is 0.647. The van der Waals surface area contributed by atoms with Gasteiger partial charge in [-0.15, -0.1) is 11.3 Å². The monoisotopic (exact) mass is 244 g/mol. The van der Waals surface area contributed by atoms with Crippen LogP contribution in [0.25, 0.3) is 0 Å². The van der Waals surface area contributed by atoms with Crippen LogP contribution >= 0.6 is 11.3 Å². The standard InChI is InChI=1S/C14H16N2S/c1-10-7-8-12-13(10)16-14(17-12)15-9-11-5-3-2-4-6-11/h2-6,10H,7-9H2,1H3,(H,15,16). The summed E-state index contributed by atoms with van der Waals surface area (Å²) < 4.78 is 0. The molecular weight excluding hydrogens is 228 g/mol. The lowest BCUT2D eigenvalue weighted by atomic mass is 10.1. The van der Waals surface area contributed by atoms with Crippen molar-refractivity contribution in [2.45, 2.75) is 32.2 Å². The van der Waals surface area contributed by atoms with E-state index >= 15 is 0 Å². The first-order valence-corrected chi connectivity index (χ1v) is 6.92. The first-order chi connectivity index (χ1) is 8.33. The highest BCUT2D eigenvalue weighted by Crippen LogP contribution is 2.37. The second-order valence-electron chi connectivity index (χ2n) is 4.61. The average Bonchev–Trinajstić information content (AvgIpc) is 2.91. The van der Waals surface area contributed by atoms with Crippen LogP contribution in [0.3, 0.4) is 0 Å². The smallest absolute Gasteiger partial charge is 0.183 e. The topological polar surface area (TPSA) is 24.9 Å². The second kappa shape index (κ2) is 4.49. The summed E-state index contributed by atoms with van der Waals surface area (Å²) in [6, 6.07) is 10.5. The summed E-state index contributed by atoms with van der Waals surface area (Å²) in [7, 11) is 0. The highest BCUT2D eigenvalue weighted by atomic mass is 32.1. The van der Waals surface area contributed by atoms with Crippen molar-refractivity contribution in [2.75, 3.05) is 5.32 Å². The van der Waals surface area contributed by atoms with Crippen molar-refractivity contribution < 1.29 is 0 Å². The Morgan fingerprint density at radius 1 is 1.35 bits per heavy atom. The Bertz CT molecular complexity index is 504. The van der Waals surface area contributed by atoms with E-state index in [9.17, 15) is 0 Å². The van der Waals surface area contributed by atoms with E-state index in [1.807, 2.05) is 17.4 Å². The number of anilines is 1. The van der Waals surface area contributed by atoms with E-state index < -0.39 is 0 Å². The average molecular weight is 244 g/mol. The molecule has 0 saturated carbocycles. The number of thiazole rings is 1. The van der Waals surface area contributed by atoms with E-state index in [1.165, 1.54) is 29.0 Å². The molecule has 1 unspecified atom stereocenters. The van der Waals surface area contributed by atoms with E-state index in [0.717, 1.165) is 11.7 Å². The van der Waals surface area contributed by atoms with E-state index in [0.29, 0.717) is 5.92 Å². The zero-order chi connectivity index (χ0) is 11.7. The van der Waals surface area contributed by atoms with Gasteiger partial charge in [-0.25, -0.2) is 4.98 Å². The van der Waals surface area contributed by atoms with Crippen LogP contribution in [0.1, 0.15) is 35.4 Å². The van der Waals surface area contributed by atoms with Gasteiger partial charge in [-0.1, -0.05) is 37.3 Å². The lowest BCUT2D eigenvalue weighted by Gasteiger charge is -2.03. The van der Waals surface area contributed by atoms with Crippen LogP contribution in [0.15, 0.2) is 30.3 Å². The van der Waals surface area contributed by atoms with E-state index in [4.69, 9.17) is 4.98 Å². The summed E-state index contributed by atoms with van der Waals surface area (Å²) in [5, 5.41) is 4.49. The normalized spacial score (nSPS) is 18.1. The quantitative estimate of drug-likeness (QED) is 0.888. The molecule has 1 heterocycles. The molecule has 0 spiro atoms. The molecule has 0 radical (unpaired) electrons. The Balaban J connectivity index is 1.69. The third-order valence-electron chi connectivity index (χ3n) is 3.29. The van der Waals surface area contributed by atoms with E-state index in [1.54, 1.807) is 0 Å². The Morgan fingerprint density at radius 2 is 2.18 bits per heavy atom. The molecule has 0 bridgehead atoms. The highest BCUT2D eigenvalue weighted by molar-refractivity contribution is 7.15. The van der Waals surface area contributed by atoms with Crippen molar-refractivity contribution in [3.63, 3.8) is 0 Å². The molecule has 17 heavy (non-hydrogen) atoms. The lowest BCUT2D eigenvalue weighted by molar-refractivity contribution is 0.731. The number of hydrogen-bond acceptors (Lipinski definition) is 3. The number of fused-ring (bicyclic) bond motifs is 1. The van der Waals surface area contributed by atoms with Crippen molar-refractivity contribution in [3.05, 3.63) is 46.5 Å². The van der Waals surface area contributed by atoms with Gasteiger partial charge in [0.05, 0.1) is 5.69 Å². The molecule has 0 saturated heterocycles. The van der Waals surface area contributed by atoms with Crippen molar-refractivity contribution in [2.24, 2.45) is 0 Å². The molecule has 1 atom stereocenters. The summed E-state index contributed by atoms with van der Waals surface area (Å²) in [6.07, 6.45) is 2.48. The van der Waals surface area contributed by atoms with Gasteiger partial charge >= 0.3 is 0 Å². The first-order valence-electron chi connectivity index (χ1n) is 6.10. The van der Waals surface area contributed by atoms with Crippen molar-refractivity contribution in [1.82, 2.24) is 4.98 Å². The minimum atomic E-state index is 0.647. The molecule has 1 N–H and O–H groups in total. The van der Waals surface area contributed by atoms with Gasteiger partial charge in [0.15, 0.2) is 5.13 Å². The number of rotatable bonds is 3. The predicted molar refractivity (Wildman–Crippen MR) is 72.6 cm³/mol. The van der Waals surface area contributed by atoms with Crippen molar-refractivity contribution >= 4 is 16.5 Å². The Kier molecular flexibility index (Phi) is 2.85. The van der Waals surface area contributed by atoms with Crippen LogP contribution in [0, 0.1) is 0 Å². The van der Waals surface area contributed by atoms with Gasteiger partial charge in [0, 0.05) is 11.4 Å². The Labute approximate surface area is 106 Å². The van der Waals surface area contributed by atoms with E-state index in [2.05, 4.69) is 36.5 Å². The molecule has 1 aliphatic rings. The molecule has 2 aromatic rings. The van der Waals surface area contributed by atoms with Gasteiger partial charge in [-0.2, -0.15) is 0 Å². The number of aryl methyl sites for hydroxylation is 1. The third-order valence-corrected chi connectivity index (χ3v) is 4.37. The van der Waals surface area contributed by atoms with Crippen LogP contribution < -0.4 is 5.32 Å². The van der Waals surface area contributed by atoms with Crippen LogP contribution in [-0.2, 0) is 13.0 Å². The zero-order valence-electron chi connectivity index (χ0n) is 9.94. The maximum absolute atomic E-state index is 4.69. The summed E-state index contributed by atoms with van der Waals surface area (Å²) in [4.78, 5) is 6.17. The number of nitrogens with one attached hydrogen (secondary N) is 1. The maximum Gasteiger partial charge on any atom is 0.183 e. The minimum Gasteiger partial charge on any atom is -0.357 e. The van der Waals surface area contributed by atoms with Crippen molar-refractivity contribution in [1.29, 1.82) is 0 Å². The molecule has 1 aliphatic carbocycles. The number of nitrogens with zero attached hydrogens (tertiary/aromatic N) is 1. The molecule has 0 fully saturated rings. The van der Waals surface area contributed by atoms with Gasteiger partial charge in [-0.05, 0) is 24.3 Å². The first kappa shape index (κ1) is 10.8.